The second-order valence-corrected chi connectivity index (χ2v) is 7.37. The molecule has 0 atom stereocenters. The number of benzene rings is 1. The number of phenolic OH excluding ortho intramolecular Hbond substituents is 1. The summed E-state index contributed by atoms with van der Waals surface area (Å²) in [4.78, 5) is 7.97. The van der Waals surface area contributed by atoms with Gasteiger partial charge in [0.05, 0.1) is 4.88 Å². The van der Waals surface area contributed by atoms with E-state index in [1.54, 1.807) is 23.5 Å². The van der Waals surface area contributed by atoms with Gasteiger partial charge in [-0.25, -0.2) is 0 Å². The Morgan fingerprint density at radius 2 is 2.08 bits per heavy atom. The van der Waals surface area contributed by atoms with Crippen molar-refractivity contribution in [1.82, 2.24) is 15.0 Å². The molecule has 0 saturated heterocycles. The van der Waals surface area contributed by atoms with E-state index in [0.717, 1.165) is 43.8 Å². The number of aromatic nitrogens is 2. The highest BCUT2D eigenvalue weighted by Crippen LogP contribution is 2.24. The fourth-order valence-electron chi connectivity index (χ4n) is 3.17. The van der Waals surface area contributed by atoms with Gasteiger partial charge in [-0.15, -0.1) is 11.3 Å². The number of hydrogen-bond donors (Lipinski definition) is 1. The first-order valence-corrected chi connectivity index (χ1v) is 9.73. The molecule has 1 aromatic carbocycles. The molecule has 4 rings (SSSR count). The predicted molar refractivity (Wildman–Crippen MR) is 103 cm³/mol. The lowest BCUT2D eigenvalue weighted by Crippen LogP contribution is -2.29. The molecule has 134 valence electrons. The summed E-state index contributed by atoms with van der Waals surface area (Å²) in [6.07, 6.45) is 5.14. The van der Waals surface area contributed by atoms with Gasteiger partial charge in [0.15, 0.2) is 0 Å². The van der Waals surface area contributed by atoms with Crippen LogP contribution >= 0.6 is 11.3 Å². The second-order valence-electron chi connectivity index (χ2n) is 6.42. The molecule has 0 unspecified atom stereocenters. The van der Waals surface area contributed by atoms with Crippen LogP contribution in [-0.4, -0.2) is 39.8 Å². The fourth-order valence-corrected chi connectivity index (χ4v) is 3.82. The van der Waals surface area contributed by atoms with Gasteiger partial charge >= 0.3 is 0 Å². The molecule has 1 N–H and O–H groups in total. The molecule has 0 aliphatic carbocycles. The number of hydrogen-bond acceptors (Lipinski definition) is 6. The van der Waals surface area contributed by atoms with Crippen LogP contribution in [0.2, 0.25) is 0 Å². The van der Waals surface area contributed by atoms with Crippen LogP contribution in [0.25, 0.3) is 16.3 Å². The summed E-state index contributed by atoms with van der Waals surface area (Å²) in [5.41, 5.74) is 2.56. The van der Waals surface area contributed by atoms with Crippen molar-refractivity contribution in [1.29, 1.82) is 0 Å². The van der Waals surface area contributed by atoms with E-state index >= 15 is 0 Å². The van der Waals surface area contributed by atoms with Crippen molar-refractivity contribution in [3.8, 4) is 16.5 Å². The Labute approximate surface area is 156 Å². The largest absolute Gasteiger partial charge is 0.508 e. The quantitative estimate of drug-likeness (QED) is 0.706. The summed E-state index contributed by atoms with van der Waals surface area (Å²) in [5, 5.41) is 15.5. The number of thiophene rings is 1. The van der Waals surface area contributed by atoms with E-state index in [1.165, 1.54) is 11.1 Å². The van der Waals surface area contributed by atoms with Crippen LogP contribution < -0.4 is 0 Å². The summed E-state index contributed by atoms with van der Waals surface area (Å²) < 4.78 is 5.36. The fraction of sp³-hybridized carbons (Fsp3) is 0.300. The van der Waals surface area contributed by atoms with Gasteiger partial charge in [0.2, 0.25) is 11.7 Å². The lowest BCUT2D eigenvalue weighted by Gasteiger charge is -2.26. The number of aryl methyl sites for hydroxylation is 1. The first-order valence-electron chi connectivity index (χ1n) is 8.85. The molecule has 5 nitrogen and oxygen atoms in total. The number of aromatic hydroxyl groups is 1. The Morgan fingerprint density at radius 1 is 1.19 bits per heavy atom. The highest BCUT2D eigenvalue weighted by Gasteiger charge is 2.14. The molecule has 0 bridgehead atoms. The lowest BCUT2D eigenvalue weighted by molar-refractivity contribution is 0.290. The highest BCUT2D eigenvalue weighted by molar-refractivity contribution is 7.13. The SMILES string of the molecule is Oc1ccc(C2=CCN(CCCc3nc(-c4cccs4)no3)CC2)cc1. The molecular weight excluding hydrogens is 346 g/mol. The molecule has 1 aliphatic rings. The molecule has 1 aliphatic heterocycles. The van der Waals surface area contributed by atoms with Crippen LogP contribution in [0.1, 0.15) is 24.3 Å². The first kappa shape index (κ1) is 17.0. The zero-order valence-corrected chi connectivity index (χ0v) is 15.3. The Bertz CT molecular complexity index is 869. The van der Waals surface area contributed by atoms with Crippen molar-refractivity contribution >= 4 is 16.9 Å². The standard InChI is InChI=1S/C20H21N3O2S/c24-17-7-5-15(6-8-17)16-9-12-23(13-10-16)11-1-4-19-21-20(22-25-19)18-3-2-14-26-18/h2-3,5-9,14,24H,1,4,10-13H2. The molecule has 26 heavy (non-hydrogen) atoms. The highest BCUT2D eigenvalue weighted by atomic mass is 32.1. The molecule has 0 saturated carbocycles. The molecule has 0 fully saturated rings. The number of phenols is 1. The smallest absolute Gasteiger partial charge is 0.227 e. The maximum atomic E-state index is 9.40. The van der Waals surface area contributed by atoms with Crippen molar-refractivity contribution in [2.45, 2.75) is 19.3 Å². The van der Waals surface area contributed by atoms with E-state index < -0.39 is 0 Å². The summed E-state index contributed by atoms with van der Waals surface area (Å²) in [6.45, 7) is 3.04. The van der Waals surface area contributed by atoms with Crippen molar-refractivity contribution in [3.63, 3.8) is 0 Å². The minimum absolute atomic E-state index is 0.315. The maximum Gasteiger partial charge on any atom is 0.227 e. The molecular formula is C20H21N3O2S. The molecule has 2 aromatic heterocycles. The minimum Gasteiger partial charge on any atom is -0.508 e. The van der Waals surface area contributed by atoms with E-state index in [4.69, 9.17) is 4.52 Å². The third-order valence-corrected chi connectivity index (χ3v) is 5.47. The Hall–Kier alpha value is -2.44. The summed E-state index contributed by atoms with van der Waals surface area (Å²) in [5.74, 6) is 1.72. The number of nitrogens with zero attached hydrogens (tertiary/aromatic N) is 3. The van der Waals surface area contributed by atoms with Gasteiger partial charge in [-0.2, -0.15) is 4.98 Å². The van der Waals surface area contributed by atoms with E-state index in [2.05, 4.69) is 21.1 Å². The van der Waals surface area contributed by atoms with E-state index in [9.17, 15) is 5.11 Å². The third kappa shape index (κ3) is 4.03. The average Bonchev–Trinajstić information content (AvgIpc) is 3.35. The van der Waals surface area contributed by atoms with Gasteiger partial charge in [-0.3, -0.25) is 4.90 Å². The van der Waals surface area contributed by atoms with Crippen molar-refractivity contribution < 1.29 is 9.63 Å². The van der Waals surface area contributed by atoms with Gasteiger partial charge in [0.25, 0.3) is 0 Å². The molecule has 0 radical (unpaired) electrons. The normalized spacial score (nSPS) is 15.2. The Morgan fingerprint density at radius 3 is 2.81 bits per heavy atom. The molecule has 0 spiro atoms. The third-order valence-electron chi connectivity index (χ3n) is 4.61. The molecule has 3 heterocycles. The Kier molecular flexibility index (Phi) is 5.13. The van der Waals surface area contributed by atoms with Crippen LogP contribution in [0.15, 0.2) is 52.4 Å². The van der Waals surface area contributed by atoms with Gasteiger partial charge in [-0.1, -0.05) is 29.4 Å². The van der Waals surface area contributed by atoms with Gasteiger partial charge in [0, 0.05) is 19.5 Å². The van der Waals surface area contributed by atoms with Crippen molar-refractivity contribution in [2.24, 2.45) is 0 Å². The summed E-state index contributed by atoms with van der Waals surface area (Å²) in [6, 6.07) is 11.5. The number of rotatable bonds is 6. The monoisotopic (exact) mass is 367 g/mol. The van der Waals surface area contributed by atoms with Crippen LogP contribution in [0.4, 0.5) is 0 Å². The van der Waals surface area contributed by atoms with Gasteiger partial charge in [0.1, 0.15) is 5.75 Å². The molecule has 6 heteroatoms. The van der Waals surface area contributed by atoms with Crippen LogP contribution in [0.5, 0.6) is 5.75 Å². The molecule has 0 amide bonds. The zero-order valence-electron chi connectivity index (χ0n) is 14.5. The van der Waals surface area contributed by atoms with Crippen LogP contribution in [-0.2, 0) is 6.42 Å². The lowest BCUT2D eigenvalue weighted by atomic mass is 9.99. The van der Waals surface area contributed by atoms with Crippen LogP contribution in [0.3, 0.4) is 0 Å². The molecule has 3 aromatic rings. The second kappa shape index (κ2) is 7.85. The maximum absolute atomic E-state index is 9.40. The zero-order chi connectivity index (χ0) is 17.8. The summed E-state index contributed by atoms with van der Waals surface area (Å²) in [7, 11) is 0. The van der Waals surface area contributed by atoms with Gasteiger partial charge < -0.3 is 9.63 Å². The summed E-state index contributed by atoms with van der Waals surface area (Å²) >= 11 is 1.62. The topological polar surface area (TPSA) is 62.4 Å². The predicted octanol–water partition coefficient (Wildman–Crippen LogP) is 4.23. The first-order chi connectivity index (χ1) is 12.8. The van der Waals surface area contributed by atoms with E-state index in [-0.39, 0.29) is 0 Å². The van der Waals surface area contributed by atoms with Crippen molar-refractivity contribution in [3.05, 3.63) is 59.3 Å². The van der Waals surface area contributed by atoms with Crippen molar-refractivity contribution in [2.75, 3.05) is 19.6 Å². The van der Waals surface area contributed by atoms with Gasteiger partial charge in [-0.05, 0) is 54.1 Å². The van der Waals surface area contributed by atoms with E-state index in [0.29, 0.717) is 17.5 Å². The van der Waals surface area contributed by atoms with Crippen LogP contribution in [0, 0.1) is 0 Å². The minimum atomic E-state index is 0.315. The van der Waals surface area contributed by atoms with E-state index in [1.807, 2.05) is 29.6 Å². The Balaban J connectivity index is 1.25. The average molecular weight is 367 g/mol.